The summed E-state index contributed by atoms with van der Waals surface area (Å²) in [5.41, 5.74) is 0.943. The number of halogens is 2. The Labute approximate surface area is 125 Å². The number of hydrogen-bond donors (Lipinski definition) is 2. The van der Waals surface area contributed by atoms with Gasteiger partial charge in [-0.2, -0.15) is 0 Å². The fourth-order valence-corrected chi connectivity index (χ4v) is 3.93. The van der Waals surface area contributed by atoms with Crippen LogP contribution in [-0.4, -0.2) is 27.5 Å². The van der Waals surface area contributed by atoms with Gasteiger partial charge in [-0.1, -0.05) is 17.7 Å². The number of aryl methyl sites for hydroxylation is 1. The van der Waals surface area contributed by atoms with Crippen molar-refractivity contribution in [3.63, 3.8) is 0 Å². The van der Waals surface area contributed by atoms with E-state index in [9.17, 15) is 8.42 Å². The van der Waals surface area contributed by atoms with Gasteiger partial charge in [0.05, 0.1) is 5.02 Å². The van der Waals surface area contributed by atoms with E-state index in [4.69, 9.17) is 11.6 Å². The van der Waals surface area contributed by atoms with Crippen molar-refractivity contribution < 1.29 is 8.42 Å². The molecule has 0 amide bonds. The van der Waals surface area contributed by atoms with Crippen molar-refractivity contribution in [1.29, 1.82) is 0 Å². The fourth-order valence-electron chi connectivity index (χ4n) is 2.06. The molecule has 0 unspecified atom stereocenters. The smallest absolute Gasteiger partial charge is 0.242 e. The van der Waals surface area contributed by atoms with Gasteiger partial charge < -0.3 is 5.32 Å². The lowest BCUT2D eigenvalue weighted by atomic mass is 10.1. The molecule has 1 heterocycles. The normalized spacial score (nSPS) is 19.8. The second kappa shape index (κ2) is 6.90. The zero-order chi connectivity index (χ0) is 13.2. The van der Waals surface area contributed by atoms with Crippen molar-refractivity contribution in [2.24, 2.45) is 0 Å². The van der Waals surface area contributed by atoms with E-state index in [1.165, 1.54) is 0 Å². The van der Waals surface area contributed by atoms with Gasteiger partial charge in [-0.15, -0.1) is 12.4 Å². The van der Waals surface area contributed by atoms with Gasteiger partial charge in [0.25, 0.3) is 0 Å². The first-order valence-corrected chi connectivity index (χ1v) is 7.84. The molecule has 0 radical (unpaired) electrons. The van der Waals surface area contributed by atoms with E-state index in [0.29, 0.717) is 6.54 Å². The molecule has 4 nitrogen and oxygen atoms in total. The molecule has 108 valence electrons. The van der Waals surface area contributed by atoms with Crippen molar-refractivity contribution in [2.75, 3.05) is 13.1 Å². The minimum absolute atomic E-state index is 0. The van der Waals surface area contributed by atoms with Gasteiger partial charge >= 0.3 is 0 Å². The lowest BCUT2D eigenvalue weighted by molar-refractivity contribution is 0.428. The van der Waals surface area contributed by atoms with Crippen LogP contribution in [0.15, 0.2) is 23.1 Å². The van der Waals surface area contributed by atoms with Gasteiger partial charge in [0.15, 0.2) is 0 Å². The van der Waals surface area contributed by atoms with Crippen LogP contribution < -0.4 is 10.0 Å². The van der Waals surface area contributed by atoms with Crippen molar-refractivity contribution >= 4 is 34.0 Å². The van der Waals surface area contributed by atoms with Crippen molar-refractivity contribution in [3.8, 4) is 0 Å². The maximum Gasteiger partial charge on any atom is 0.242 e. The van der Waals surface area contributed by atoms with E-state index >= 15 is 0 Å². The number of sulfonamides is 1. The maximum atomic E-state index is 12.2. The summed E-state index contributed by atoms with van der Waals surface area (Å²) >= 11 is 6.00. The van der Waals surface area contributed by atoms with Gasteiger partial charge in [0.1, 0.15) is 4.90 Å². The number of hydrogen-bond acceptors (Lipinski definition) is 3. The molecule has 19 heavy (non-hydrogen) atoms. The lowest BCUT2D eigenvalue weighted by Crippen LogP contribution is -2.45. The number of piperidine rings is 1. The summed E-state index contributed by atoms with van der Waals surface area (Å²) in [6.45, 7) is 3.49. The zero-order valence-corrected chi connectivity index (χ0v) is 13.0. The molecule has 1 aliphatic rings. The molecule has 0 spiro atoms. The second-order valence-corrected chi connectivity index (χ2v) is 6.69. The van der Waals surface area contributed by atoms with E-state index in [2.05, 4.69) is 10.0 Å². The Bertz CT molecular complexity index is 529. The molecule has 7 heteroatoms. The average Bonchev–Trinajstić information content (AvgIpc) is 2.29. The lowest BCUT2D eigenvalue weighted by Gasteiger charge is -2.23. The van der Waals surface area contributed by atoms with Crippen LogP contribution in [0, 0.1) is 6.92 Å². The third kappa shape index (κ3) is 4.33. The van der Waals surface area contributed by atoms with Crippen molar-refractivity contribution in [3.05, 3.63) is 28.8 Å². The first-order chi connectivity index (χ1) is 8.49. The summed E-state index contributed by atoms with van der Waals surface area (Å²) in [7, 11) is -3.53. The molecule has 1 saturated heterocycles. The molecular formula is C12H18Cl2N2O2S. The minimum atomic E-state index is -3.53. The van der Waals surface area contributed by atoms with Crippen LogP contribution in [0.1, 0.15) is 18.4 Å². The topological polar surface area (TPSA) is 58.2 Å². The Balaban J connectivity index is 0.00000180. The molecule has 1 aromatic rings. The van der Waals surface area contributed by atoms with Crippen LogP contribution >= 0.6 is 24.0 Å². The summed E-state index contributed by atoms with van der Waals surface area (Å²) in [5.74, 6) is 0. The highest BCUT2D eigenvalue weighted by Crippen LogP contribution is 2.22. The molecule has 0 bridgehead atoms. The third-order valence-electron chi connectivity index (χ3n) is 3.00. The van der Waals surface area contributed by atoms with Crippen LogP contribution in [0.5, 0.6) is 0 Å². The Morgan fingerprint density at radius 2 is 2.16 bits per heavy atom. The first-order valence-electron chi connectivity index (χ1n) is 5.98. The molecular weight excluding hydrogens is 307 g/mol. The summed E-state index contributed by atoms with van der Waals surface area (Å²) in [6.07, 6.45) is 1.84. The van der Waals surface area contributed by atoms with Crippen LogP contribution in [0.4, 0.5) is 0 Å². The Hall–Kier alpha value is -0.330. The predicted octanol–water partition coefficient (Wildman–Crippen LogP) is 2.10. The number of rotatable bonds is 3. The molecule has 1 aromatic carbocycles. The van der Waals surface area contributed by atoms with Crippen LogP contribution in [0.25, 0.3) is 0 Å². The highest BCUT2D eigenvalue weighted by Gasteiger charge is 2.23. The van der Waals surface area contributed by atoms with Crippen LogP contribution in [0.2, 0.25) is 5.02 Å². The quantitative estimate of drug-likeness (QED) is 0.895. The maximum absolute atomic E-state index is 12.2. The molecule has 0 saturated carbocycles. The van der Waals surface area contributed by atoms with Crippen LogP contribution in [0.3, 0.4) is 0 Å². The first kappa shape index (κ1) is 16.7. The van der Waals surface area contributed by atoms with Gasteiger partial charge in [-0.25, -0.2) is 13.1 Å². The van der Waals surface area contributed by atoms with Crippen LogP contribution in [-0.2, 0) is 10.0 Å². The summed E-state index contributed by atoms with van der Waals surface area (Å²) in [6, 6.07) is 4.91. The average molecular weight is 325 g/mol. The summed E-state index contributed by atoms with van der Waals surface area (Å²) < 4.78 is 27.1. The Morgan fingerprint density at radius 1 is 1.42 bits per heavy atom. The van der Waals surface area contributed by atoms with Gasteiger partial charge in [0, 0.05) is 12.6 Å². The molecule has 1 fully saturated rings. The highest BCUT2D eigenvalue weighted by atomic mass is 35.5. The highest BCUT2D eigenvalue weighted by molar-refractivity contribution is 7.89. The molecule has 2 rings (SSSR count). The largest absolute Gasteiger partial charge is 0.315 e. The molecule has 0 aromatic heterocycles. The molecule has 0 aliphatic carbocycles. The predicted molar refractivity (Wildman–Crippen MR) is 79.7 cm³/mol. The standard InChI is InChI=1S/C12H17ClN2O2S.ClH/c1-9-4-5-12(11(13)7-9)18(16,17)15-10-3-2-6-14-8-10;/h4-5,7,10,14-15H,2-3,6,8H2,1H3;1H/t10-;/m1./s1. The van der Waals surface area contributed by atoms with E-state index < -0.39 is 10.0 Å². The molecule has 1 atom stereocenters. The summed E-state index contributed by atoms with van der Waals surface area (Å²) in [4.78, 5) is 0.153. The zero-order valence-electron chi connectivity index (χ0n) is 10.6. The van der Waals surface area contributed by atoms with Crippen molar-refractivity contribution in [1.82, 2.24) is 10.0 Å². The molecule has 1 aliphatic heterocycles. The Kier molecular flexibility index (Phi) is 6.08. The van der Waals surface area contributed by atoms with E-state index in [1.807, 2.05) is 6.92 Å². The van der Waals surface area contributed by atoms with Gasteiger partial charge in [-0.05, 0) is 44.0 Å². The van der Waals surface area contributed by atoms with E-state index in [1.54, 1.807) is 18.2 Å². The monoisotopic (exact) mass is 324 g/mol. The van der Waals surface area contributed by atoms with E-state index in [0.717, 1.165) is 24.9 Å². The summed E-state index contributed by atoms with van der Waals surface area (Å²) in [5, 5.41) is 3.44. The second-order valence-electron chi connectivity index (χ2n) is 4.60. The number of nitrogens with one attached hydrogen (secondary N) is 2. The van der Waals surface area contributed by atoms with Gasteiger partial charge in [-0.3, -0.25) is 0 Å². The van der Waals surface area contributed by atoms with E-state index in [-0.39, 0.29) is 28.4 Å². The van der Waals surface area contributed by atoms with Gasteiger partial charge in [0.2, 0.25) is 10.0 Å². The Morgan fingerprint density at radius 3 is 2.74 bits per heavy atom. The molecule has 2 N–H and O–H groups in total. The number of benzene rings is 1. The van der Waals surface area contributed by atoms with Crippen molar-refractivity contribution in [2.45, 2.75) is 30.7 Å². The fraction of sp³-hybridized carbons (Fsp3) is 0.500. The third-order valence-corrected chi connectivity index (χ3v) is 5.00. The SMILES string of the molecule is Cc1ccc(S(=O)(=O)N[C@@H]2CCCNC2)c(Cl)c1.Cl. The minimum Gasteiger partial charge on any atom is -0.315 e.